The lowest BCUT2D eigenvalue weighted by Gasteiger charge is -2.32. The Hall–Kier alpha value is -2.06. The fraction of sp³-hybridized carbons (Fsp3) is 0.529. The lowest BCUT2D eigenvalue weighted by Crippen LogP contribution is -2.46. The summed E-state index contributed by atoms with van der Waals surface area (Å²) in [6, 6.07) is 8.83. The van der Waals surface area contributed by atoms with Crippen LogP contribution in [-0.2, 0) is 0 Å². The summed E-state index contributed by atoms with van der Waals surface area (Å²) in [5.74, 6) is 0.739. The molecule has 1 aliphatic rings. The third-order valence-corrected chi connectivity index (χ3v) is 3.90. The molecule has 0 spiro atoms. The number of anilines is 1. The zero-order valence-electron chi connectivity index (χ0n) is 13.3. The van der Waals surface area contributed by atoms with Gasteiger partial charge in [0.25, 0.3) is 0 Å². The number of hydrogen-bond donors (Lipinski definition) is 2. The molecule has 5 heteroatoms. The lowest BCUT2D eigenvalue weighted by molar-refractivity contribution is 0.170. The van der Waals surface area contributed by atoms with Crippen LogP contribution in [0.2, 0.25) is 0 Å². The van der Waals surface area contributed by atoms with Gasteiger partial charge in [-0.15, -0.1) is 0 Å². The van der Waals surface area contributed by atoms with E-state index < -0.39 is 0 Å². The Morgan fingerprint density at radius 1 is 1.55 bits per heavy atom. The molecule has 5 nitrogen and oxygen atoms in total. The molecule has 2 unspecified atom stereocenters. The second-order valence-corrected chi connectivity index (χ2v) is 6.20. The largest absolute Gasteiger partial charge is 0.334 e. The molecule has 1 aromatic rings. The minimum Gasteiger partial charge on any atom is -0.334 e. The van der Waals surface area contributed by atoms with Gasteiger partial charge in [-0.25, -0.2) is 4.79 Å². The molecule has 1 saturated heterocycles. The van der Waals surface area contributed by atoms with Crippen molar-refractivity contribution >= 4 is 11.7 Å². The van der Waals surface area contributed by atoms with Crippen molar-refractivity contribution < 1.29 is 4.79 Å². The highest BCUT2D eigenvalue weighted by molar-refractivity contribution is 5.89. The maximum absolute atomic E-state index is 12.0. The van der Waals surface area contributed by atoms with Crippen LogP contribution in [0.4, 0.5) is 10.5 Å². The fourth-order valence-corrected chi connectivity index (χ4v) is 2.94. The Balaban J connectivity index is 1.79. The summed E-state index contributed by atoms with van der Waals surface area (Å²) in [5.41, 5.74) is 1.17. The highest BCUT2D eigenvalue weighted by Gasteiger charge is 2.18. The first-order valence-electron chi connectivity index (χ1n) is 7.87. The van der Waals surface area contributed by atoms with Crippen molar-refractivity contribution in [2.75, 3.05) is 25.0 Å². The second kappa shape index (κ2) is 7.81. The molecule has 1 aliphatic heterocycles. The first-order chi connectivity index (χ1) is 10.6. The number of nitriles is 1. The average molecular weight is 300 g/mol. The molecule has 0 aromatic heterocycles. The van der Waals surface area contributed by atoms with Crippen molar-refractivity contribution in [1.82, 2.24) is 10.2 Å². The van der Waals surface area contributed by atoms with Crippen LogP contribution in [0.5, 0.6) is 0 Å². The third-order valence-electron chi connectivity index (χ3n) is 3.90. The van der Waals surface area contributed by atoms with Crippen LogP contribution in [0, 0.1) is 17.2 Å². The number of benzene rings is 1. The van der Waals surface area contributed by atoms with Crippen LogP contribution in [0.1, 0.15) is 32.3 Å². The number of urea groups is 1. The van der Waals surface area contributed by atoms with Crippen LogP contribution in [0.3, 0.4) is 0 Å². The summed E-state index contributed by atoms with van der Waals surface area (Å²) < 4.78 is 0. The topological polar surface area (TPSA) is 68.2 Å². The van der Waals surface area contributed by atoms with E-state index in [-0.39, 0.29) is 12.1 Å². The SMILES string of the molecule is CC1CCCN(CC(C)NC(=O)Nc2cccc(C#N)c2)C1. The number of hydrogen-bond acceptors (Lipinski definition) is 3. The molecule has 1 heterocycles. The van der Waals surface area contributed by atoms with Gasteiger partial charge in [0.15, 0.2) is 0 Å². The summed E-state index contributed by atoms with van der Waals surface area (Å²) in [7, 11) is 0. The molecule has 22 heavy (non-hydrogen) atoms. The molecule has 2 amide bonds. The van der Waals surface area contributed by atoms with E-state index in [0.29, 0.717) is 11.3 Å². The molecule has 118 valence electrons. The molecule has 0 radical (unpaired) electrons. The van der Waals surface area contributed by atoms with E-state index in [1.807, 2.05) is 6.92 Å². The van der Waals surface area contributed by atoms with Crippen LogP contribution < -0.4 is 10.6 Å². The lowest BCUT2D eigenvalue weighted by atomic mass is 10.00. The molecule has 0 aliphatic carbocycles. The zero-order valence-corrected chi connectivity index (χ0v) is 13.3. The Morgan fingerprint density at radius 3 is 3.09 bits per heavy atom. The molecule has 2 atom stereocenters. The standard InChI is InChI=1S/C17H24N4O/c1-13-5-4-8-21(11-13)12-14(2)19-17(22)20-16-7-3-6-15(9-16)10-18/h3,6-7,9,13-14H,4-5,8,11-12H2,1-2H3,(H2,19,20,22). The molecular weight excluding hydrogens is 276 g/mol. The monoisotopic (exact) mass is 300 g/mol. The highest BCUT2D eigenvalue weighted by Crippen LogP contribution is 2.15. The first kappa shape index (κ1) is 16.3. The quantitative estimate of drug-likeness (QED) is 0.898. The Kier molecular flexibility index (Phi) is 5.79. The fourth-order valence-electron chi connectivity index (χ4n) is 2.94. The van der Waals surface area contributed by atoms with Crippen molar-refractivity contribution in [3.63, 3.8) is 0 Å². The first-order valence-corrected chi connectivity index (χ1v) is 7.87. The van der Waals surface area contributed by atoms with Crippen LogP contribution in [0.25, 0.3) is 0 Å². The number of likely N-dealkylation sites (tertiary alicyclic amines) is 1. The maximum atomic E-state index is 12.0. The van der Waals surface area contributed by atoms with Gasteiger partial charge in [-0.1, -0.05) is 13.0 Å². The van der Waals surface area contributed by atoms with Gasteiger partial charge < -0.3 is 15.5 Å². The molecule has 1 fully saturated rings. The number of amides is 2. The predicted octanol–water partition coefficient (Wildman–Crippen LogP) is 2.80. The van der Waals surface area contributed by atoms with E-state index in [2.05, 4.69) is 28.5 Å². The molecule has 1 aromatic carbocycles. The number of rotatable bonds is 4. The predicted molar refractivity (Wildman–Crippen MR) is 87.6 cm³/mol. The number of nitrogens with zero attached hydrogens (tertiary/aromatic N) is 2. The van der Waals surface area contributed by atoms with Gasteiger partial charge in [-0.05, 0) is 50.4 Å². The van der Waals surface area contributed by atoms with E-state index in [9.17, 15) is 4.79 Å². The molecule has 0 saturated carbocycles. The highest BCUT2D eigenvalue weighted by atomic mass is 16.2. The summed E-state index contributed by atoms with van der Waals surface area (Å²) in [6.45, 7) is 7.39. The van der Waals surface area contributed by atoms with Crippen molar-refractivity contribution in [3.8, 4) is 6.07 Å². The zero-order chi connectivity index (χ0) is 15.9. The minimum atomic E-state index is -0.229. The van der Waals surface area contributed by atoms with Gasteiger partial charge in [-0.2, -0.15) is 5.26 Å². The van der Waals surface area contributed by atoms with Crippen LogP contribution in [-0.4, -0.2) is 36.6 Å². The number of carbonyl (C=O) groups is 1. The third kappa shape index (κ3) is 5.05. The summed E-state index contributed by atoms with van der Waals surface area (Å²) >= 11 is 0. The smallest absolute Gasteiger partial charge is 0.319 e. The second-order valence-electron chi connectivity index (χ2n) is 6.20. The number of nitrogens with one attached hydrogen (secondary N) is 2. The van der Waals surface area contributed by atoms with Crippen molar-refractivity contribution in [3.05, 3.63) is 29.8 Å². The summed E-state index contributed by atoms with van der Waals surface area (Å²) in [6.07, 6.45) is 2.54. The Bertz CT molecular complexity index is 552. The molecule has 2 N–H and O–H groups in total. The minimum absolute atomic E-state index is 0.0875. The van der Waals surface area contributed by atoms with Crippen molar-refractivity contribution in [2.45, 2.75) is 32.7 Å². The van der Waals surface area contributed by atoms with Crippen LogP contribution in [0.15, 0.2) is 24.3 Å². The summed E-state index contributed by atoms with van der Waals surface area (Å²) in [5, 5.41) is 14.6. The van der Waals surface area contributed by atoms with Crippen molar-refractivity contribution in [1.29, 1.82) is 5.26 Å². The van der Waals surface area contributed by atoms with E-state index >= 15 is 0 Å². The van der Waals surface area contributed by atoms with Crippen molar-refractivity contribution in [2.24, 2.45) is 5.92 Å². The van der Waals surface area contributed by atoms with Crippen LogP contribution >= 0.6 is 0 Å². The number of piperidine rings is 1. The van der Waals surface area contributed by atoms with Gasteiger partial charge in [0.05, 0.1) is 11.6 Å². The molecular formula is C17H24N4O. The summed E-state index contributed by atoms with van der Waals surface area (Å²) in [4.78, 5) is 14.4. The van der Waals surface area contributed by atoms with E-state index in [1.165, 1.54) is 12.8 Å². The van der Waals surface area contributed by atoms with E-state index in [1.54, 1.807) is 24.3 Å². The number of carbonyl (C=O) groups excluding carboxylic acids is 1. The van der Waals surface area contributed by atoms with E-state index in [4.69, 9.17) is 5.26 Å². The Morgan fingerprint density at radius 2 is 2.36 bits per heavy atom. The normalized spacial score (nSPS) is 20.0. The van der Waals surface area contributed by atoms with Gasteiger partial charge in [0, 0.05) is 24.8 Å². The van der Waals surface area contributed by atoms with Gasteiger partial charge in [0.2, 0.25) is 0 Å². The van der Waals surface area contributed by atoms with E-state index in [0.717, 1.165) is 25.6 Å². The van der Waals surface area contributed by atoms with Gasteiger partial charge in [-0.3, -0.25) is 0 Å². The average Bonchev–Trinajstić information content (AvgIpc) is 2.47. The Labute approximate surface area is 132 Å². The molecule has 0 bridgehead atoms. The maximum Gasteiger partial charge on any atom is 0.319 e. The van der Waals surface area contributed by atoms with Gasteiger partial charge >= 0.3 is 6.03 Å². The molecule has 2 rings (SSSR count). The van der Waals surface area contributed by atoms with Gasteiger partial charge in [0.1, 0.15) is 0 Å².